The average Bonchev–Trinajstić information content (AvgIpc) is 3.19. The number of likely N-dealkylation sites (N-methyl/N-ethyl adjacent to an activating group) is 1. The zero-order chi connectivity index (χ0) is 19.7. The van der Waals surface area contributed by atoms with Crippen LogP contribution in [-0.2, 0) is 21.7 Å². The van der Waals surface area contributed by atoms with Crippen molar-refractivity contribution in [1.29, 1.82) is 0 Å². The number of benzene rings is 1. The number of nitrogens with zero attached hydrogens (tertiary/aromatic N) is 3. The second-order valence-electron chi connectivity index (χ2n) is 7.35. The van der Waals surface area contributed by atoms with Gasteiger partial charge in [-0.25, -0.2) is 9.78 Å². The van der Waals surface area contributed by atoms with E-state index >= 15 is 0 Å². The second kappa shape index (κ2) is 7.27. The number of para-hydroxylation sites is 1. The molecule has 148 valence electrons. The number of hydrogen-bond donors (Lipinski definition) is 2. The average molecular weight is 383 g/mol. The third-order valence-electron chi connectivity index (χ3n) is 5.64. The number of hydrogen-bond acceptors (Lipinski definition) is 4. The Kier molecular flexibility index (Phi) is 4.80. The van der Waals surface area contributed by atoms with E-state index in [9.17, 15) is 9.59 Å². The van der Waals surface area contributed by atoms with Gasteiger partial charge < -0.3 is 24.8 Å². The lowest BCUT2D eigenvalue weighted by Crippen LogP contribution is -2.54. The molecule has 28 heavy (non-hydrogen) atoms. The number of amides is 3. The molecule has 0 radical (unpaired) electrons. The van der Waals surface area contributed by atoms with Crippen LogP contribution >= 0.6 is 0 Å². The summed E-state index contributed by atoms with van der Waals surface area (Å²) in [6.45, 7) is 3.49. The molecule has 8 heteroatoms. The molecule has 3 heterocycles. The lowest BCUT2D eigenvalue weighted by molar-refractivity contribution is -0.171. The van der Waals surface area contributed by atoms with Gasteiger partial charge in [-0.05, 0) is 18.6 Å². The van der Waals surface area contributed by atoms with E-state index in [-0.39, 0.29) is 11.9 Å². The van der Waals surface area contributed by atoms with E-state index in [1.54, 1.807) is 18.1 Å². The smallest absolute Gasteiger partial charge is 0.321 e. The monoisotopic (exact) mass is 383 g/mol. The minimum Gasteiger partial charge on any atom is -0.357 e. The van der Waals surface area contributed by atoms with Crippen molar-refractivity contribution in [2.75, 3.05) is 25.5 Å². The molecule has 0 saturated carbocycles. The van der Waals surface area contributed by atoms with Crippen molar-refractivity contribution in [3.05, 3.63) is 48.0 Å². The van der Waals surface area contributed by atoms with Crippen LogP contribution in [0.2, 0.25) is 0 Å². The number of urea groups is 1. The number of likely N-dealkylation sites (tertiary alicyclic amines) is 1. The molecule has 0 unspecified atom stereocenters. The largest absolute Gasteiger partial charge is 0.357 e. The molecular weight excluding hydrogens is 358 g/mol. The summed E-state index contributed by atoms with van der Waals surface area (Å²) >= 11 is 0. The van der Waals surface area contributed by atoms with E-state index in [1.165, 1.54) is 0 Å². The minimum absolute atomic E-state index is 0.119. The fraction of sp³-hybridized carbons (Fsp3) is 0.450. The first-order chi connectivity index (χ1) is 13.5. The lowest BCUT2D eigenvalue weighted by Gasteiger charge is -2.45. The topological polar surface area (TPSA) is 88.5 Å². The number of fused-ring (bicyclic) bond motifs is 2. The van der Waals surface area contributed by atoms with Crippen LogP contribution in [0.15, 0.2) is 36.7 Å². The quantitative estimate of drug-likeness (QED) is 0.829. The first kappa shape index (κ1) is 18.5. The molecule has 2 aromatic rings. The molecule has 1 saturated heterocycles. The summed E-state index contributed by atoms with van der Waals surface area (Å²) in [4.78, 5) is 31.2. The second-order valence-corrected chi connectivity index (χ2v) is 7.35. The molecule has 2 N–H and O–H groups in total. The van der Waals surface area contributed by atoms with Gasteiger partial charge in [0.05, 0.1) is 6.54 Å². The molecule has 1 aromatic carbocycles. The molecule has 0 bridgehead atoms. The van der Waals surface area contributed by atoms with Crippen molar-refractivity contribution in [3.8, 4) is 0 Å². The summed E-state index contributed by atoms with van der Waals surface area (Å²) in [6.07, 6.45) is 4.26. The van der Waals surface area contributed by atoms with E-state index in [4.69, 9.17) is 4.74 Å². The number of aromatic nitrogens is 2. The van der Waals surface area contributed by atoms with E-state index in [1.807, 2.05) is 42.0 Å². The van der Waals surface area contributed by atoms with Gasteiger partial charge in [-0.3, -0.25) is 4.79 Å². The van der Waals surface area contributed by atoms with Crippen molar-refractivity contribution in [3.63, 3.8) is 0 Å². The Bertz CT molecular complexity index is 885. The maximum absolute atomic E-state index is 12.7. The maximum atomic E-state index is 12.7. The third-order valence-corrected chi connectivity index (χ3v) is 5.64. The third kappa shape index (κ3) is 3.24. The van der Waals surface area contributed by atoms with Gasteiger partial charge in [-0.15, -0.1) is 0 Å². The molecule has 2 aliphatic heterocycles. The number of imidazole rings is 1. The van der Waals surface area contributed by atoms with Crippen molar-refractivity contribution < 1.29 is 14.3 Å². The number of ether oxygens (including phenoxy) is 1. The maximum Gasteiger partial charge on any atom is 0.321 e. The van der Waals surface area contributed by atoms with Crippen LogP contribution < -0.4 is 10.6 Å². The fourth-order valence-electron chi connectivity index (χ4n) is 4.01. The van der Waals surface area contributed by atoms with E-state index in [0.29, 0.717) is 32.5 Å². The van der Waals surface area contributed by atoms with Crippen LogP contribution in [0.1, 0.15) is 24.2 Å². The van der Waals surface area contributed by atoms with Gasteiger partial charge in [0.25, 0.3) is 5.91 Å². The Hall–Kier alpha value is -2.87. The van der Waals surface area contributed by atoms with E-state index in [2.05, 4.69) is 15.6 Å². The Labute approximate surface area is 163 Å². The van der Waals surface area contributed by atoms with E-state index < -0.39 is 11.7 Å². The Morgan fingerprint density at radius 2 is 2.00 bits per heavy atom. The zero-order valence-electron chi connectivity index (χ0n) is 16.1. The van der Waals surface area contributed by atoms with Gasteiger partial charge in [-0.1, -0.05) is 18.2 Å². The summed E-state index contributed by atoms with van der Waals surface area (Å²) in [5.41, 5.74) is 1.20. The molecular formula is C20H25N5O3. The number of anilines is 1. The summed E-state index contributed by atoms with van der Waals surface area (Å²) in [7, 11) is 1.61. The molecule has 2 aliphatic rings. The number of piperidine rings is 1. The van der Waals surface area contributed by atoms with E-state index in [0.717, 1.165) is 17.1 Å². The van der Waals surface area contributed by atoms with Crippen molar-refractivity contribution in [2.45, 2.75) is 38.0 Å². The highest BCUT2D eigenvalue weighted by molar-refractivity contribution is 5.90. The summed E-state index contributed by atoms with van der Waals surface area (Å²) < 4.78 is 8.26. The standard InChI is InChI=1S/C20H25N5O3/c1-14-5-3-4-6-15(14)23-19(27)24-10-7-20(8-11-24)18-22-9-12-25(18)13-16(28-20)17(26)21-2/h3-6,9,12,16H,7-8,10-11,13H2,1-2H3,(H,21,26)(H,23,27)/t16-/m0/s1. The van der Waals surface area contributed by atoms with Crippen LogP contribution in [0.5, 0.6) is 0 Å². The van der Waals surface area contributed by atoms with Gasteiger partial charge in [0.2, 0.25) is 0 Å². The summed E-state index contributed by atoms with van der Waals surface area (Å²) in [5, 5.41) is 5.65. The Morgan fingerprint density at radius 3 is 2.71 bits per heavy atom. The Balaban J connectivity index is 1.48. The highest BCUT2D eigenvalue weighted by Crippen LogP contribution is 2.40. The van der Waals surface area contributed by atoms with Crippen LogP contribution in [-0.4, -0.2) is 52.6 Å². The number of rotatable bonds is 2. The van der Waals surface area contributed by atoms with Crippen LogP contribution in [0, 0.1) is 6.92 Å². The first-order valence-electron chi connectivity index (χ1n) is 9.55. The number of aryl methyl sites for hydroxylation is 1. The number of nitrogens with one attached hydrogen (secondary N) is 2. The summed E-state index contributed by atoms with van der Waals surface area (Å²) in [5.74, 6) is 0.699. The minimum atomic E-state index is -0.641. The van der Waals surface area contributed by atoms with Crippen molar-refractivity contribution in [2.24, 2.45) is 0 Å². The Morgan fingerprint density at radius 1 is 1.25 bits per heavy atom. The number of carbonyl (C=O) groups is 2. The van der Waals surface area contributed by atoms with Gasteiger partial charge in [0.1, 0.15) is 11.4 Å². The summed E-state index contributed by atoms with van der Waals surface area (Å²) in [6, 6.07) is 7.60. The highest BCUT2D eigenvalue weighted by atomic mass is 16.5. The molecule has 1 fully saturated rings. The molecule has 4 rings (SSSR count). The normalized spacial score (nSPS) is 20.5. The van der Waals surface area contributed by atoms with Gasteiger partial charge in [-0.2, -0.15) is 0 Å². The molecule has 1 spiro atoms. The van der Waals surface area contributed by atoms with Crippen LogP contribution in [0.25, 0.3) is 0 Å². The van der Waals surface area contributed by atoms with Gasteiger partial charge >= 0.3 is 6.03 Å². The molecule has 3 amide bonds. The van der Waals surface area contributed by atoms with Crippen LogP contribution in [0.4, 0.5) is 10.5 Å². The SMILES string of the molecule is CNC(=O)[C@@H]1Cn2ccnc2C2(CCN(C(=O)Nc3ccccc3C)CC2)O1. The molecule has 1 atom stereocenters. The molecule has 8 nitrogen and oxygen atoms in total. The number of carbonyl (C=O) groups excluding carboxylic acids is 2. The predicted molar refractivity (Wildman–Crippen MR) is 104 cm³/mol. The zero-order valence-corrected chi connectivity index (χ0v) is 16.1. The highest BCUT2D eigenvalue weighted by Gasteiger charge is 2.47. The van der Waals surface area contributed by atoms with Gasteiger partial charge in [0.15, 0.2) is 6.10 Å². The molecule has 1 aromatic heterocycles. The van der Waals surface area contributed by atoms with Crippen LogP contribution in [0.3, 0.4) is 0 Å². The van der Waals surface area contributed by atoms with Gasteiger partial charge in [0, 0.05) is 51.1 Å². The predicted octanol–water partition coefficient (Wildman–Crippen LogP) is 1.86. The lowest BCUT2D eigenvalue weighted by atomic mass is 9.88. The molecule has 0 aliphatic carbocycles. The van der Waals surface area contributed by atoms with Crippen molar-refractivity contribution in [1.82, 2.24) is 19.8 Å². The first-order valence-corrected chi connectivity index (χ1v) is 9.55. The fourth-order valence-corrected chi connectivity index (χ4v) is 4.01. The van der Waals surface area contributed by atoms with Crippen molar-refractivity contribution >= 4 is 17.6 Å².